The molecule has 6 nitrogen and oxygen atoms in total. The lowest BCUT2D eigenvalue weighted by Crippen LogP contribution is -2.23. The van der Waals surface area contributed by atoms with E-state index in [9.17, 15) is 19.7 Å². The van der Waals surface area contributed by atoms with E-state index < -0.39 is 10.9 Å². The van der Waals surface area contributed by atoms with Crippen molar-refractivity contribution in [2.24, 2.45) is 0 Å². The summed E-state index contributed by atoms with van der Waals surface area (Å²) in [6.07, 6.45) is 0.707. The van der Waals surface area contributed by atoms with Crippen molar-refractivity contribution in [2.75, 3.05) is 5.75 Å². The van der Waals surface area contributed by atoms with E-state index >= 15 is 0 Å². The highest BCUT2D eigenvalue weighted by Gasteiger charge is 2.28. The first-order chi connectivity index (χ1) is 13.3. The standard InChI is InChI=1S/C21H21NO5S/c1-21(2)9-10-28-19-8-5-15(11-17(19)21)18(23)12-20(24)27-13-14-3-6-16(7-4-14)22(25)26/h3-8,11H,9-10,12-13H2,1-2H3. The molecule has 146 valence electrons. The van der Waals surface area contributed by atoms with E-state index in [1.165, 1.54) is 29.2 Å². The molecule has 0 saturated carbocycles. The third-order valence-corrected chi connectivity index (χ3v) is 5.94. The van der Waals surface area contributed by atoms with Crippen LogP contribution < -0.4 is 0 Å². The number of ketones is 1. The summed E-state index contributed by atoms with van der Waals surface area (Å²) in [6, 6.07) is 11.4. The molecule has 0 saturated heterocycles. The van der Waals surface area contributed by atoms with Gasteiger partial charge in [-0.2, -0.15) is 0 Å². The molecule has 0 aromatic heterocycles. The summed E-state index contributed by atoms with van der Waals surface area (Å²) in [5.41, 5.74) is 2.26. The number of benzene rings is 2. The average Bonchev–Trinajstić information content (AvgIpc) is 2.66. The number of thioether (sulfide) groups is 1. The van der Waals surface area contributed by atoms with Crippen LogP contribution in [0.3, 0.4) is 0 Å². The fourth-order valence-corrected chi connectivity index (χ4v) is 4.56. The lowest BCUT2D eigenvalue weighted by Gasteiger charge is -2.32. The number of carbonyl (C=O) groups excluding carboxylic acids is 2. The molecular weight excluding hydrogens is 378 g/mol. The summed E-state index contributed by atoms with van der Waals surface area (Å²) in [7, 11) is 0. The molecule has 1 aliphatic rings. The van der Waals surface area contributed by atoms with Gasteiger partial charge in [-0.1, -0.05) is 19.9 Å². The predicted molar refractivity (Wildman–Crippen MR) is 107 cm³/mol. The summed E-state index contributed by atoms with van der Waals surface area (Å²) >= 11 is 1.79. The van der Waals surface area contributed by atoms with E-state index in [-0.39, 0.29) is 29.9 Å². The minimum atomic E-state index is -0.616. The molecule has 0 N–H and O–H groups in total. The number of nitrogens with zero attached hydrogens (tertiary/aromatic N) is 1. The van der Waals surface area contributed by atoms with Crippen LogP contribution in [-0.4, -0.2) is 22.4 Å². The zero-order valence-corrected chi connectivity index (χ0v) is 16.6. The maximum Gasteiger partial charge on any atom is 0.314 e. The minimum Gasteiger partial charge on any atom is -0.460 e. The maximum absolute atomic E-state index is 12.5. The molecule has 0 unspecified atom stereocenters. The Morgan fingerprint density at radius 3 is 2.57 bits per heavy atom. The van der Waals surface area contributed by atoms with Gasteiger partial charge in [-0.25, -0.2) is 0 Å². The van der Waals surface area contributed by atoms with Crippen LogP contribution in [0, 0.1) is 10.1 Å². The highest BCUT2D eigenvalue weighted by atomic mass is 32.2. The fraction of sp³-hybridized carbons (Fsp3) is 0.333. The molecule has 0 fully saturated rings. The molecule has 2 aromatic carbocycles. The molecule has 28 heavy (non-hydrogen) atoms. The van der Waals surface area contributed by atoms with Gasteiger partial charge >= 0.3 is 5.97 Å². The first kappa shape index (κ1) is 20.1. The second-order valence-corrected chi connectivity index (χ2v) is 8.51. The summed E-state index contributed by atoms with van der Waals surface area (Å²) in [6.45, 7) is 4.30. The number of hydrogen-bond acceptors (Lipinski definition) is 6. The van der Waals surface area contributed by atoms with Crippen LogP contribution in [0.1, 0.15) is 48.2 Å². The molecule has 0 radical (unpaired) electrons. The van der Waals surface area contributed by atoms with E-state index in [0.717, 1.165) is 17.7 Å². The number of Topliss-reactive ketones (excluding diaryl/α,β-unsaturated/α-hetero) is 1. The quantitative estimate of drug-likeness (QED) is 0.230. The van der Waals surface area contributed by atoms with Crippen molar-refractivity contribution in [1.82, 2.24) is 0 Å². The second-order valence-electron chi connectivity index (χ2n) is 7.38. The number of non-ortho nitro benzene ring substituents is 1. The zero-order valence-electron chi connectivity index (χ0n) is 15.8. The second kappa shape index (κ2) is 8.14. The van der Waals surface area contributed by atoms with Gasteiger partial charge in [-0.15, -0.1) is 11.8 Å². The van der Waals surface area contributed by atoms with Gasteiger partial charge < -0.3 is 4.74 Å². The molecule has 1 aliphatic heterocycles. The summed E-state index contributed by atoms with van der Waals surface area (Å²) in [5, 5.41) is 10.6. The predicted octanol–water partition coefficient (Wildman–Crippen LogP) is 4.68. The Morgan fingerprint density at radius 2 is 1.89 bits per heavy atom. The van der Waals surface area contributed by atoms with Crippen molar-refractivity contribution in [3.8, 4) is 0 Å². The zero-order chi connectivity index (χ0) is 20.3. The Hall–Kier alpha value is -2.67. The van der Waals surface area contributed by atoms with Crippen LogP contribution in [0.2, 0.25) is 0 Å². The Morgan fingerprint density at radius 1 is 1.18 bits per heavy atom. The van der Waals surface area contributed by atoms with Gasteiger partial charge in [0.15, 0.2) is 5.78 Å². The van der Waals surface area contributed by atoms with E-state index in [0.29, 0.717) is 11.1 Å². The lowest BCUT2D eigenvalue weighted by atomic mass is 9.81. The Balaban J connectivity index is 1.60. The lowest BCUT2D eigenvalue weighted by molar-refractivity contribution is -0.384. The SMILES string of the molecule is CC1(C)CCSc2ccc(C(=O)CC(=O)OCc3ccc([N+](=O)[O-])cc3)cc21. The summed E-state index contributed by atoms with van der Waals surface area (Å²) in [4.78, 5) is 35.9. The van der Waals surface area contributed by atoms with E-state index in [4.69, 9.17) is 4.74 Å². The number of carbonyl (C=O) groups is 2. The van der Waals surface area contributed by atoms with E-state index in [1.54, 1.807) is 17.8 Å². The van der Waals surface area contributed by atoms with Gasteiger partial charge in [0.2, 0.25) is 0 Å². The largest absolute Gasteiger partial charge is 0.460 e. The van der Waals surface area contributed by atoms with Gasteiger partial charge in [0, 0.05) is 22.6 Å². The number of nitro groups is 1. The van der Waals surface area contributed by atoms with Crippen molar-refractivity contribution in [3.05, 3.63) is 69.3 Å². The molecule has 0 bridgehead atoms. The number of esters is 1. The van der Waals surface area contributed by atoms with Crippen molar-refractivity contribution in [1.29, 1.82) is 0 Å². The van der Waals surface area contributed by atoms with Crippen molar-refractivity contribution < 1.29 is 19.2 Å². The normalized spacial score (nSPS) is 14.8. The van der Waals surface area contributed by atoms with Gasteiger partial charge in [0.25, 0.3) is 5.69 Å². The van der Waals surface area contributed by atoms with Crippen LogP contribution in [0.15, 0.2) is 47.4 Å². The van der Waals surface area contributed by atoms with Crippen LogP contribution >= 0.6 is 11.8 Å². The fourth-order valence-electron chi connectivity index (χ4n) is 3.07. The maximum atomic E-state index is 12.5. The first-order valence-electron chi connectivity index (χ1n) is 8.96. The molecule has 0 aliphatic carbocycles. The smallest absolute Gasteiger partial charge is 0.314 e. The van der Waals surface area contributed by atoms with E-state index in [1.807, 2.05) is 12.1 Å². The van der Waals surface area contributed by atoms with Crippen molar-refractivity contribution >= 4 is 29.2 Å². The third kappa shape index (κ3) is 4.59. The first-order valence-corrected chi connectivity index (χ1v) is 9.94. The Kier molecular flexibility index (Phi) is 5.84. The molecule has 0 amide bonds. The molecule has 3 rings (SSSR count). The van der Waals surface area contributed by atoms with Crippen molar-refractivity contribution in [3.63, 3.8) is 0 Å². The third-order valence-electron chi connectivity index (χ3n) is 4.87. The minimum absolute atomic E-state index is 0.00724. The van der Waals surface area contributed by atoms with Gasteiger partial charge in [-0.05, 0) is 53.0 Å². The summed E-state index contributed by atoms with van der Waals surface area (Å²) < 4.78 is 5.14. The molecule has 1 heterocycles. The summed E-state index contributed by atoms with van der Waals surface area (Å²) in [5.74, 6) is 0.167. The highest BCUT2D eigenvalue weighted by Crippen LogP contribution is 2.41. The van der Waals surface area contributed by atoms with Gasteiger partial charge in [-0.3, -0.25) is 19.7 Å². The number of ether oxygens (including phenoxy) is 1. The number of nitro benzene ring substituents is 1. The number of rotatable bonds is 6. The molecular formula is C21H21NO5S. The van der Waals surface area contributed by atoms with Crippen molar-refractivity contribution in [2.45, 2.75) is 43.6 Å². The van der Waals surface area contributed by atoms with E-state index in [2.05, 4.69) is 13.8 Å². The molecule has 7 heteroatoms. The topological polar surface area (TPSA) is 86.5 Å². The molecule has 2 aromatic rings. The average molecular weight is 399 g/mol. The Bertz CT molecular complexity index is 921. The van der Waals surface area contributed by atoms with Gasteiger partial charge in [0.1, 0.15) is 13.0 Å². The molecule has 0 spiro atoms. The van der Waals surface area contributed by atoms with Crippen LogP contribution in [0.4, 0.5) is 5.69 Å². The van der Waals surface area contributed by atoms with Crippen LogP contribution in [-0.2, 0) is 21.6 Å². The number of fused-ring (bicyclic) bond motifs is 1. The molecule has 0 atom stereocenters. The van der Waals surface area contributed by atoms with Gasteiger partial charge in [0.05, 0.1) is 4.92 Å². The van der Waals surface area contributed by atoms with Crippen LogP contribution in [0.5, 0.6) is 0 Å². The Labute approximate surface area is 167 Å². The highest BCUT2D eigenvalue weighted by molar-refractivity contribution is 7.99. The number of hydrogen-bond donors (Lipinski definition) is 0. The monoisotopic (exact) mass is 399 g/mol. The van der Waals surface area contributed by atoms with Crippen LogP contribution in [0.25, 0.3) is 0 Å².